The Balaban J connectivity index is 3.40. The number of benzene rings is 1. The van der Waals surface area contributed by atoms with Gasteiger partial charge >= 0.3 is 0 Å². The summed E-state index contributed by atoms with van der Waals surface area (Å²) in [7, 11) is 1.74. The molecule has 0 spiro atoms. The third-order valence-corrected chi connectivity index (χ3v) is 3.73. The van der Waals surface area contributed by atoms with E-state index >= 15 is 0 Å². The molecule has 0 aromatic heterocycles. The van der Waals surface area contributed by atoms with Crippen molar-refractivity contribution in [2.45, 2.75) is 24.6 Å². The van der Waals surface area contributed by atoms with Gasteiger partial charge in [-0.2, -0.15) is 0 Å². The second-order valence-corrected chi connectivity index (χ2v) is 5.97. The Kier molecular flexibility index (Phi) is 5.96. The molecule has 0 heterocycles. The van der Waals surface area contributed by atoms with Gasteiger partial charge in [0, 0.05) is 7.05 Å². The maximum Gasteiger partial charge on any atom is 0.237 e. The number of rotatable bonds is 4. The van der Waals surface area contributed by atoms with E-state index in [1.807, 2.05) is 32.0 Å². The Bertz CT molecular complexity index is 409. The van der Waals surface area contributed by atoms with Crippen LogP contribution in [0.3, 0.4) is 0 Å². The van der Waals surface area contributed by atoms with Crippen molar-refractivity contribution in [3.8, 4) is 0 Å². The lowest BCUT2D eigenvalue weighted by Crippen LogP contribution is -2.29. The molecule has 0 aliphatic heterocycles. The SMILES string of the molecule is CC(Cl)c1cccc(C(C)Cl)c1N(C)C(=O)CBr. The molecule has 0 saturated heterocycles. The van der Waals surface area contributed by atoms with Crippen molar-refractivity contribution in [1.82, 2.24) is 0 Å². The number of alkyl halides is 3. The minimum Gasteiger partial charge on any atom is -0.314 e. The van der Waals surface area contributed by atoms with Crippen LogP contribution >= 0.6 is 39.1 Å². The van der Waals surface area contributed by atoms with Crippen LogP contribution in [0.5, 0.6) is 0 Å². The van der Waals surface area contributed by atoms with Crippen LogP contribution in [0.15, 0.2) is 18.2 Å². The fourth-order valence-electron chi connectivity index (χ4n) is 1.82. The molecule has 0 N–H and O–H groups in total. The molecule has 0 aliphatic carbocycles. The number of para-hydroxylation sites is 1. The van der Waals surface area contributed by atoms with E-state index in [1.54, 1.807) is 11.9 Å². The Labute approximate surface area is 126 Å². The number of hydrogen-bond donors (Lipinski definition) is 0. The van der Waals surface area contributed by atoms with Crippen LogP contribution in [0.25, 0.3) is 0 Å². The monoisotopic (exact) mass is 351 g/mol. The van der Waals surface area contributed by atoms with Gasteiger partial charge in [-0.15, -0.1) is 23.2 Å². The fraction of sp³-hybridized carbons (Fsp3) is 0.462. The highest BCUT2D eigenvalue weighted by atomic mass is 79.9. The van der Waals surface area contributed by atoms with Crippen LogP contribution in [0.4, 0.5) is 5.69 Å². The van der Waals surface area contributed by atoms with Crippen LogP contribution < -0.4 is 4.90 Å². The first-order chi connectivity index (χ1) is 8.40. The van der Waals surface area contributed by atoms with Gasteiger partial charge in [0.25, 0.3) is 0 Å². The van der Waals surface area contributed by atoms with Gasteiger partial charge in [0.15, 0.2) is 0 Å². The van der Waals surface area contributed by atoms with Gasteiger partial charge in [-0.3, -0.25) is 4.79 Å². The van der Waals surface area contributed by atoms with E-state index in [0.717, 1.165) is 16.8 Å². The predicted molar refractivity (Wildman–Crippen MR) is 82.2 cm³/mol. The number of halogens is 3. The summed E-state index contributed by atoms with van der Waals surface area (Å²) in [5, 5.41) is -0.0909. The van der Waals surface area contributed by atoms with Crippen molar-refractivity contribution in [2.24, 2.45) is 0 Å². The molecule has 0 aliphatic rings. The molecule has 2 nitrogen and oxygen atoms in total. The zero-order valence-electron chi connectivity index (χ0n) is 10.6. The number of carbonyl (C=O) groups excluding carboxylic acids is 1. The molecule has 1 amide bonds. The van der Waals surface area contributed by atoms with E-state index in [4.69, 9.17) is 23.2 Å². The predicted octanol–water partition coefficient (Wildman–Crippen LogP) is 4.64. The molecule has 0 saturated carbocycles. The zero-order chi connectivity index (χ0) is 13.9. The van der Waals surface area contributed by atoms with Gasteiger partial charge in [0.1, 0.15) is 0 Å². The minimum absolute atomic E-state index is 0.0293. The van der Waals surface area contributed by atoms with Crippen molar-refractivity contribution in [3.05, 3.63) is 29.3 Å². The van der Waals surface area contributed by atoms with Gasteiger partial charge in [-0.05, 0) is 25.0 Å². The van der Waals surface area contributed by atoms with Gasteiger partial charge in [-0.25, -0.2) is 0 Å². The number of amides is 1. The topological polar surface area (TPSA) is 20.3 Å². The maximum atomic E-state index is 11.9. The zero-order valence-corrected chi connectivity index (χ0v) is 13.7. The molecular formula is C13H16BrCl2NO. The minimum atomic E-state index is -0.180. The standard InChI is InChI=1S/C13H16BrCl2NO/c1-8(15)10-5-4-6-11(9(2)16)13(10)17(3)12(18)7-14/h4-6,8-9H,7H2,1-3H3. The lowest BCUT2D eigenvalue weighted by Gasteiger charge is -2.25. The molecule has 2 unspecified atom stereocenters. The lowest BCUT2D eigenvalue weighted by molar-refractivity contribution is -0.115. The molecule has 5 heteroatoms. The van der Waals surface area contributed by atoms with E-state index in [9.17, 15) is 4.79 Å². The van der Waals surface area contributed by atoms with E-state index in [2.05, 4.69) is 15.9 Å². The first-order valence-electron chi connectivity index (χ1n) is 5.63. The normalized spacial score (nSPS) is 14.1. The van der Waals surface area contributed by atoms with Crippen LogP contribution in [0.2, 0.25) is 0 Å². The third-order valence-electron chi connectivity index (χ3n) is 2.78. The second kappa shape index (κ2) is 6.78. The molecule has 100 valence electrons. The van der Waals surface area contributed by atoms with Crippen LogP contribution in [0, 0.1) is 0 Å². The third kappa shape index (κ3) is 3.40. The van der Waals surface area contributed by atoms with Crippen molar-refractivity contribution < 1.29 is 4.79 Å². The van der Waals surface area contributed by atoms with Gasteiger partial charge in [-0.1, -0.05) is 34.1 Å². The maximum absolute atomic E-state index is 11.9. The molecule has 0 bridgehead atoms. The van der Waals surface area contributed by atoms with Crippen LogP contribution in [0.1, 0.15) is 35.7 Å². The first-order valence-corrected chi connectivity index (χ1v) is 7.63. The highest BCUT2D eigenvalue weighted by Crippen LogP contribution is 2.37. The number of carbonyl (C=O) groups is 1. The molecule has 1 aromatic carbocycles. The molecule has 0 fully saturated rings. The van der Waals surface area contributed by atoms with Crippen molar-refractivity contribution in [3.63, 3.8) is 0 Å². The van der Waals surface area contributed by atoms with Crippen molar-refractivity contribution >= 4 is 50.7 Å². The quantitative estimate of drug-likeness (QED) is 0.722. The largest absolute Gasteiger partial charge is 0.314 e. The number of hydrogen-bond acceptors (Lipinski definition) is 1. The average Bonchev–Trinajstić information content (AvgIpc) is 2.35. The Morgan fingerprint density at radius 2 is 1.72 bits per heavy atom. The van der Waals surface area contributed by atoms with Crippen molar-refractivity contribution in [2.75, 3.05) is 17.3 Å². The van der Waals surface area contributed by atoms with Crippen LogP contribution in [-0.4, -0.2) is 18.3 Å². The number of nitrogens with zero attached hydrogens (tertiary/aromatic N) is 1. The molecule has 0 radical (unpaired) electrons. The Morgan fingerprint density at radius 1 is 1.28 bits per heavy atom. The summed E-state index contributed by atoms with van der Waals surface area (Å²) in [6, 6.07) is 5.76. The van der Waals surface area contributed by atoms with Gasteiger partial charge < -0.3 is 4.90 Å². The highest BCUT2D eigenvalue weighted by molar-refractivity contribution is 9.09. The molecular weight excluding hydrogens is 337 g/mol. The van der Waals surface area contributed by atoms with E-state index in [1.165, 1.54) is 0 Å². The summed E-state index contributed by atoms with van der Waals surface area (Å²) in [5.74, 6) is -0.0293. The summed E-state index contributed by atoms with van der Waals surface area (Å²) in [6.45, 7) is 3.77. The lowest BCUT2D eigenvalue weighted by atomic mass is 10.0. The Morgan fingerprint density at radius 3 is 2.06 bits per heavy atom. The summed E-state index contributed by atoms with van der Waals surface area (Å²) >= 11 is 15.5. The fourth-order valence-corrected chi connectivity index (χ4v) is 2.55. The van der Waals surface area contributed by atoms with Gasteiger partial charge in [0.05, 0.1) is 21.8 Å². The summed E-state index contributed by atoms with van der Waals surface area (Å²) in [4.78, 5) is 13.5. The first kappa shape index (κ1) is 15.8. The molecule has 18 heavy (non-hydrogen) atoms. The van der Waals surface area contributed by atoms with Gasteiger partial charge in [0.2, 0.25) is 5.91 Å². The smallest absolute Gasteiger partial charge is 0.237 e. The average molecular weight is 353 g/mol. The molecule has 2 atom stereocenters. The summed E-state index contributed by atoms with van der Waals surface area (Å²) in [6.07, 6.45) is 0. The highest BCUT2D eigenvalue weighted by Gasteiger charge is 2.21. The Hall–Kier alpha value is -0.250. The van der Waals surface area contributed by atoms with E-state index in [0.29, 0.717) is 0 Å². The number of anilines is 1. The second-order valence-electron chi connectivity index (χ2n) is 4.10. The summed E-state index contributed by atoms with van der Waals surface area (Å²) in [5.41, 5.74) is 2.64. The molecule has 1 rings (SSSR count). The molecule has 1 aromatic rings. The summed E-state index contributed by atoms with van der Waals surface area (Å²) < 4.78 is 0. The van der Waals surface area contributed by atoms with Crippen LogP contribution in [-0.2, 0) is 4.79 Å². The van der Waals surface area contributed by atoms with E-state index in [-0.39, 0.29) is 22.0 Å². The van der Waals surface area contributed by atoms with Crippen molar-refractivity contribution in [1.29, 1.82) is 0 Å². The van der Waals surface area contributed by atoms with E-state index < -0.39 is 0 Å².